The largest absolute Gasteiger partial charge is 0.409 e. The minimum Gasteiger partial charge on any atom is -0.409 e. The van der Waals surface area contributed by atoms with Crippen molar-refractivity contribution in [3.05, 3.63) is 0 Å². The molecule has 5 nitrogen and oxygen atoms in total. The molecular weight excluding hydrogens is 266 g/mol. The highest BCUT2D eigenvalue weighted by Gasteiger charge is 2.55. The minimum absolute atomic E-state index is 0.114. The molecule has 2 aliphatic carbocycles. The van der Waals surface area contributed by atoms with Gasteiger partial charge in [-0.1, -0.05) is 24.9 Å². The number of hydrogen-bond donors (Lipinski definition) is 2. The zero-order chi connectivity index (χ0) is 15.0. The number of hydrogen-bond acceptors (Lipinski definition) is 3. The van der Waals surface area contributed by atoms with Crippen molar-refractivity contribution in [1.29, 1.82) is 0 Å². The van der Waals surface area contributed by atoms with Gasteiger partial charge in [0.1, 0.15) is 5.41 Å². The van der Waals surface area contributed by atoms with Gasteiger partial charge < -0.3 is 15.8 Å². The van der Waals surface area contributed by atoms with Gasteiger partial charge in [0.25, 0.3) is 0 Å². The van der Waals surface area contributed by atoms with E-state index in [9.17, 15) is 4.79 Å². The molecule has 0 aromatic carbocycles. The van der Waals surface area contributed by atoms with Gasteiger partial charge in [-0.05, 0) is 50.4 Å². The number of rotatable bonds is 3. The fourth-order valence-corrected chi connectivity index (χ4v) is 4.87. The van der Waals surface area contributed by atoms with E-state index in [1.165, 1.54) is 25.7 Å². The van der Waals surface area contributed by atoms with Crippen LogP contribution in [0.15, 0.2) is 5.16 Å². The zero-order valence-electron chi connectivity index (χ0n) is 12.9. The van der Waals surface area contributed by atoms with Crippen molar-refractivity contribution >= 4 is 11.7 Å². The van der Waals surface area contributed by atoms with Gasteiger partial charge in [-0.15, -0.1) is 0 Å². The molecule has 0 spiro atoms. The van der Waals surface area contributed by atoms with Crippen LogP contribution in [0.2, 0.25) is 0 Å². The molecule has 2 saturated carbocycles. The van der Waals surface area contributed by atoms with Crippen LogP contribution in [-0.2, 0) is 4.79 Å². The molecule has 1 unspecified atom stereocenters. The average Bonchev–Trinajstić information content (AvgIpc) is 3.11. The maximum absolute atomic E-state index is 13.1. The Balaban J connectivity index is 1.79. The Labute approximate surface area is 126 Å². The van der Waals surface area contributed by atoms with Gasteiger partial charge in [-0.3, -0.25) is 4.79 Å². The summed E-state index contributed by atoms with van der Waals surface area (Å²) in [5, 5.41) is 12.3. The van der Waals surface area contributed by atoms with Crippen molar-refractivity contribution in [2.45, 2.75) is 64.3 Å². The van der Waals surface area contributed by atoms with Crippen LogP contribution in [0.25, 0.3) is 0 Å². The third-order valence-electron chi connectivity index (χ3n) is 5.91. The van der Waals surface area contributed by atoms with E-state index in [1.807, 2.05) is 0 Å². The van der Waals surface area contributed by atoms with Crippen LogP contribution in [0, 0.1) is 17.3 Å². The van der Waals surface area contributed by atoms with E-state index < -0.39 is 5.41 Å². The predicted molar refractivity (Wildman–Crippen MR) is 80.9 cm³/mol. The fraction of sp³-hybridized carbons (Fsp3) is 0.875. The first-order valence-corrected chi connectivity index (χ1v) is 8.37. The summed E-state index contributed by atoms with van der Waals surface area (Å²) in [5.74, 6) is 1.37. The summed E-state index contributed by atoms with van der Waals surface area (Å²) in [6.07, 6.45) is 8.75. The second kappa shape index (κ2) is 5.50. The van der Waals surface area contributed by atoms with Crippen molar-refractivity contribution in [2.75, 3.05) is 6.54 Å². The van der Waals surface area contributed by atoms with Crippen molar-refractivity contribution in [3.8, 4) is 0 Å². The Hall–Kier alpha value is -1.26. The maximum Gasteiger partial charge on any atom is 0.236 e. The normalized spacial score (nSPS) is 37.8. The monoisotopic (exact) mass is 293 g/mol. The average molecular weight is 293 g/mol. The molecule has 1 atom stereocenters. The molecule has 21 heavy (non-hydrogen) atoms. The van der Waals surface area contributed by atoms with Crippen LogP contribution in [0.5, 0.6) is 0 Å². The quantitative estimate of drug-likeness (QED) is 0.363. The van der Waals surface area contributed by atoms with Gasteiger partial charge in [0.15, 0.2) is 5.84 Å². The zero-order valence-corrected chi connectivity index (χ0v) is 12.9. The van der Waals surface area contributed by atoms with Crippen molar-refractivity contribution in [1.82, 2.24) is 4.90 Å². The van der Waals surface area contributed by atoms with Crippen molar-refractivity contribution in [3.63, 3.8) is 0 Å². The van der Waals surface area contributed by atoms with Gasteiger partial charge in [-0.25, -0.2) is 0 Å². The first kappa shape index (κ1) is 14.7. The van der Waals surface area contributed by atoms with Crippen molar-refractivity contribution in [2.24, 2.45) is 28.1 Å². The van der Waals surface area contributed by atoms with Crippen LogP contribution >= 0.6 is 0 Å². The highest BCUT2D eigenvalue weighted by Crippen LogP contribution is 2.48. The molecule has 0 radical (unpaired) electrons. The smallest absolute Gasteiger partial charge is 0.236 e. The topological polar surface area (TPSA) is 78.9 Å². The summed E-state index contributed by atoms with van der Waals surface area (Å²) in [4.78, 5) is 15.2. The summed E-state index contributed by atoms with van der Waals surface area (Å²) in [6, 6.07) is 0.388. The molecular formula is C16H27N3O2. The number of likely N-dealkylation sites (tertiary alicyclic amines) is 1. The van der Waals surface area contributed by atoms with E-state index in [4.69, 9.17) is 10.9 Å². The van der Waals surface area contributed by atoms with E-state index in [1.54, 1.807) is 0 Å². The maximum atomic E-state index is 13.1. The molecule has 0 bridgehead atoms. The first-order chi connectivity index (χ1) is 10.1. The number of amidine groups is 1. The number of oxime groups is 1. The second-order valence-electron chi connectivity index (χ2n) is 7.33. The summed E-state index contributed by atoms with van der Waals surface area (Å²) in [6.45, 7) is 2.96. The van der Waals surface area contributed by atoms with E-state index in [0.717, 1.165) is 32.2 Å². The molecule has 1 amide bonds. The highest BCUT2D eigenvalue weighted by atomic mass is 16.4. The van der Waals surface area contributed by atoms with Gasteiger partial charge >= 0.3 is 0 Å². The second-order valence-corrected chi connectivity index (χ2v) is 7.33. The lowest BCUT2D eigenvalue weighted by Gasteiger charge is -2.47. The molecule has 3 fully saturated rings. The summed E-state index contributed by atoms with van der Waals surface area (Å²) in [5.41, 5.74) is 5.17. The number of carbonyl (C=O) groups is 1. The standard InChI is InChI=1S/C16H27N3O2/c1-11-9-16(10-11,14(17)18-21)15(20)19-8-4-7-13(19)12-5-2-3-6-12/h11-13,21H,2-10H2,1H3,(H2,17,18). The van der Waals surface area contributed by atoms with Gasteiger partial charge in [0.2, 0.25) is 5.91 Å². The van der Waals surface area contributed by atoms with Gasteiger partial charge in [-0.2, -0.15) is 0 Å². The molecule has 1 aliphatic heterocycles. The Kier molecular flexibility index (Phi) is 3.84. The van der Waals surface area contributed by atoms with E-state index in [-0.39, 0.29) is 11.7 Å². The molecule has 3 aliphatic rings. The van der Waals surface area contributed by atoms with Crippen LogP contribution in [-0.4, -0.2) is 34.4 Å². The third-order valence-corrected chi connectivity index (χ3v) is 5.91. The summed E-state index contributed by atoms with van der Waals surface area (Å²) >= 11 is 0. The number of nitrogens with zero attached hydrogens (tertiary/aromatic N) is 2. The first-order valence-electron chi connectivity index (χ1n) is 8.37. The molecule has 5 heteroatoms. The van der Waals surface area contributed by atoms with Gasteiger partial charge in [0, 0.05) is 12.6 Å². The van der Waals surface area contributed by atoms with E-state index in [0.29, 0.717) is 17.9 Å². The molecule has 0 aromatic heterocycles. The van der Waals surface area contributed by atoms with E-state index in [2.05, 4.69) is 17.0 Å². The van der Waals surface area contributed by atoms with Crippen molar-refractivity contribution < 1.29 is 10.0 Å². The Morgan fingerprint density at radius 2 is 1.90 bits per heavy atom. The summed E-state index contributed by atoms with van der Waals surface area (Å²) in [7, 11) is 0. The van der Waals surface area contributed by atoms with Crippen LogP contribution < -0.4 is 5.73 Å². The molecule has 3 rings (SSSR count). The Morgan fingerprint density at radius 3 is 2.48 bits per heavy atom. The van der Waals surface area contributed by atoms with Crippen LogP contribution in [0.3, 0.4) is 0 Å². The molecule has 3 N–H and O–H groups in total. The molecule has 118 valence electrons. The lowest BCUT2D eigenvalue weighted by Crippen LogP contribution is -2.59. The van der Waals surface area contributed by atoms with E-state index >= 15 is 0 Å². The fourth-order valence-electron chi connectivity index (χ4n) is 4.87. The highest BCUT2D eigenvalue weighted by molar-refractivity contribution is 6.07. The number of amides is 1. The molecule has 1 saturated heterocycles. The Bertz CT molecular complexity index is 437. The minimum atomic E-state index is -0.727. The lowest BCUT2D eigenvalue weighted by molar-refractivity contribution is -0.146. The number of carbonyl (C=O) groups excluding carboxylic acids is 1. The molecule has 0 aromatic rings. The van der Waals surface area contributed by atoms with Crippen LogP contribution in [0.4, 0.5) is 0 Å². The lowest BCUT2D eigenvalue weighted by atomic mass is 9.61. The molecule has 1 heterocycles. The third kappa shape index (κ3) is 2.30. The summed E-state index contributed by atoms with van der Waals surface area (Å²) < 4.78 is 0. The van der Waals surface area contributed by atoms with Gasteiger partial charge in [0.05, 0.1) is 0 Å². The van der Waals surface area contributed by atoms with Crippen LogP contribution in [0.1, 0.15) is 58.3 Å². The Morgan fingerprint density at radius 1 is 1.24 bits per heavy atom. The number of nitrogens with two attached hydrogens (primary N) is 1. The predicted octanol–water partition coefficient (Wildman–Crippen LogP) is 2.33. The SMILES string of the molecule is CC1CC(C(=O)N2CCCC2C2CCCC2)(C(N)=NO)C1.